The lowest BCUT2D eigenvalue weighted by atomic mass is 9.98. The molecular formula is C30H22ClN7O3. The van der Waals surface area contributed by atoms with Crippen molar-refractivity contribution in [1.29, 1.82) is 0 Å². The SMILES string of the molecule is CC(Nc1ncnc2[nH]ccc(=O)c12)c1c(Cl)c2cccc(-c3ccc(C(N)=O)nc3)c2c(=O)n1-c1ccccc1. The number of fused-ring (bicyclic) bond motifs is 2. The first kappa shape index (κ1) is 25.9. The van der Waals surface area contributed by atoms with Crippen LogP contribution in [0, 0.1) is 0 Å². The fourth-order valence-corrected chi connectivity index (χ4v) is 5.38. The fourth-order valence-electron chi connectivity index (χ4n) is 4.97. The van der Waals surface area contributed by atoms with Crippen LogP contribution in [-0.2, 0) is 0 Å². The number of H-pyrrole nitrogens is 1. The van der Waals surface area contributed by atoms with Gasteiger partial charge in [0.2, 0.25) is 0 Å². The van der Waals surface area contributed by atoms with Crippen molar-refractivity contribution in [3.63, 3.8) is 0 Å². The van der Waals surface area contributed by atoms with Crippen LogP contribution in [0.2, 0.25) is 5.02 Å². The number of rotatable bonds is 6. The highest BCUT2D eigenvalue weighted by atomic mass is 35.5. The first-order chi connectivity index (χ1) is 19.8. The number of carbonyl (C=O) groups excluding carboxylic acids is 1. The van der Waals surface area contributed by atoms with Crippen LogP contribution < -0.4 is 22.0 Å². The molecule has 2 aromatic carbocycles. The molecule has 1 atom stereocenters. The van der Waals surface area contributed by atoms with Gasteiger partial charge < -0.3 is 16.0 Å². The molecule has 4 N–H and O–H groups in total. The molecule has 0 saturated heterocycles. The molecule has 10 nitrogen and oxygen atoms in total. The van der Waals surface area contributed by atoms with Gasteiger partial charge in [-0.05, 0) is 30.7 Å². The van der Waals surface area contributed by atoms with Gasteiger partial charge in [0.1, 0.15) is 28.9 Å². The zero-order valence-electron chi connectivity index (χ0n) is 21.6. The molecule has 0 saturated carbocycles. The number of nitrogens with two attached hydrogens (primary N) is 1. The standard InChI is InChI=1S/C30H22ClN7O3/c1-16(37-29-24-22(39)12-13-33-28(24)35-15-36-29)26-25(31)20-9-5-8-19(17-10-11-21(27(32)40)34-14-17)23(20)30(41)38(26)18-6-3-2-4-7-18/h2-16H,1H3,(H2,32,40)(H2,33,35,36,37,39). The minimum atomic E-state index is -0.645. The van der Waals surface area contributed by atoms with E-state index >= 15 is 0 Å². The van der Waals surface area contributed by atoms with Gasteiger partial charge in [0.15, 0.2) is 5.43 Å². The molecule has 202 valence electrons. The molecule has 0 fully saturated rings. The van der Waals surface area contributed by atoms with Crippen LogP contribution in [-0.4, -0.2) is 30.4 Å². The second-order valence-corrected chi connectivity index (χ2v) is 9.73. The van der Waals surface area contributed by atoms with E-state index in [2.05, 4.69) is 25.3 Å². The quantitative estimate of drug-likeness (QED) is 0.268. The van der Waals surface area contributed by atoms with Gasteiger partial charge in [0.05, 0.1) is 22.1 Å². The molecule has 0 radical (unpaired) electrons. The summed E-state index contributed by atoms with van der Waals surface area (Å²) < 4.78 is 1.56. The summed E-state index contributed by atoms with van der Waals surface area (Å²) in [5, 5.41) is 4.84. The van der Waals surface area contributed by atoms with E-state index in [9.17, 15) is 14.4 Å². The number of amides is 1. The van der Waals surface area contributed by atoms with Crippen LogP contribution in [0.5, 0.6) is 0 Å². The van der Waals surface area contributed by atoms with Gasteiger partial charge in [0, 0.05) is 35.1 Å². The number of benzene rings is 2. The van der Waals surface area contributed by atoms with Crippen LogP contribution in [0.1, 0.15) is 29.1 Å². The summed E-state index contributed by atoms with van der Waals surface area (Å²) in [5.74, 6) is -0.338. The van der Waals surface area contributed by atoms with Crippen molar-refractivity contribution < 1.29 is 4.79 Å². The van der Waals surface area contributed by atoms with E-state index in [-0.39, 0.29) is 16.7 Å². The maximum Gasteiger partial charge on any atom is 0.267 e. The molecule has 6 rings (SSSR count). The molecule has 4 aromatic heterocycles. The molecule has 0 bridgehead atoms. The van der Waals surface area contributed by atoms with Crippen molar-refractivity contribution in [2.24, 2.45) is 5.73 Å². The second-order valence-electron chi connectivity index (χ2n) is 9.35. The van der Waals surface area contributed by atoms with Gasteiger partial charge >= 0.3 is 0 Å². The van der Waals surface area contributed by atoms with Crippen molar-refractivity contribution in [2.45, 2.75) is 13.0 Å². The number of hydrogen-bond donors (Lipinski definition) is 3. The van der Waals surface area contributed by atoms with Crippen molar-refractivity contribution in [3.8, 4) is 16.8 Å². The molecule has 0 aliphatic carbocycles. The third-order valence-corrected chi connectivity index (χ3v) is 7.23. The number of aromatic nitrogens is 5. The van der Waals surface area contributed by atoms with Crippen LogP contribution in [0.15, 0.2) is 95.0 Å². The van der Waals surface area contributed by atoms with Gasteiger partial charge in [-0.1, -0.05) is 54.1 Å². The van der Waals surface area contributed by atoms with Gasteiger partial charge in [-0.3, -0.25) is 23.9 Å². The summed E-state index contributed by atoms with van der Waals surface area (Å²) in [6, 6.07) is 18.6. The average molecular weight is 564 g/mol. The molecule has 6 aromatic rings. The Morgan fingerprint density at radius 2 is 1.78 bits per heavy atom. The number of para-hydroxylation sites is 1. The number of halogens is 1. The molecule has 4 heterocycles. The predicted octanol–water partition coefficient (Wildman–Crippen LogP) is 4.61. The smallest absolute Gasteiger partial charge is 0.267 e. The number of nitrogens with one attached hydrogen (secondary N) is 2. The van der Waals surface area contributed by atoms with Crippen molar-refractivity contribution in [2.75, 3.05) is 5.32 Å². The van der Waals surface area contributed by atoms with Crippen molar-refractivity contribution >= 4 is 45.1 Å². The van der Waals surface area contributed by atoms with Crippen LogP contribution >= 0.6 is 11.6 Å². The summed E-state index contributed by atoms with van der Waals surface area (Å²) in [5.41, 5.74) is 7.61. The highest BCUT2D eigenvalue weighted by Gasteiger charge is 2.24. The minimum Gasteiger partial charge on any atom is -0.364 e. The number of primary amides is 1. The van der Waals surface area contributed by atoms with E-state index in [0.29, 0.717) is 55.2 Å². The number of anilines is 1. The molecular weight excluding hydrogens is 542 g/mol. The Morgan fingerprint density at radius 1 is 0.976 bits per heavy atom. The number of pyridine rings is 3. The highest BCUT2D eigenvalue weighted by Crippen LogP contribution is 2.36. The summed E-state index contributed by atoms with van der Waals surface area (Å²) >= 11 is 7.13. The summed E-state index contributed by atoms with van der Waals surface area (Å²) in [6.07, 6.45) is 4.38. The molecule has 1 amide bonds. The van der Waals surface area contributed by atoms with E-state index in [1.54, 1.807) is 28.8 Å². The molecule has 0 aliphatic heterocycles. The van der Waals surface area contributed by atoms with E-state index in [1.165, 1.54) is 30.9 Å². The van der Waals surface area contributed by atoms with Gasteiger partial charge in [0.25, 0.3) is 11.5 Å². The first-order valence-corrected chi connectivity index (χ1v) is 13.0. The lowest BCUT2D eigenvalue weighted by Crippen LogP contribution is -2.27. The molecule has 0 aliphatic rings. The van der Waals surface area contributed by atoms with Crippen LogP contribution in [0.25, 0.3) is 38.6 Å². The summed E-state index contributed by atoms with van der Waals surface area (Å²) in [4.78, 5) is 54.2. The number of nitrogens with zero attached hydrogens (tertiary/aromatic N) is 4. The van der Waals surface area contributed by atoms with E-state index in [4.69, 9.17) is 17.3 Å². The Labute approximate surface area is 237 Å². The topological polar surface area (TPSA) is 149 Å². The van der Waals surface area contributed by atoms with Gasteiger partial charge in [-0.15, -0.1) is 0 Å². The van der Waals surface area contributed by atoms with Gasteiger partial charge in [-0.25, -0.2) is 9.97 Å². The highest BCUT2D eigenvalue weighted by molar-refractivity contribution is 6.36. The number of hydrogen-bond acceptors (Lipinski definition) is 7. The van der Waals surface area contributed by atoms with E-state index < -0.39 is 11.9 Å². The Morgan fingerprint density at radius 3 is 2.51 bits per heavy atom. The maximum absolute atomic E-state index is 14.4. The van der Waals surface area contributed by atoms with Gasteiger partial charge in [-0.2, -0.15) is 0 Å². The molecule has 0 spiro atoms. The Bertz CT molecular complexity index is 2070. The zero-order valence-corrected chi connectivity index (χ0v) is 22.4. The van der Waals surface area contributed by atoms with Crippen LogP contribution in [0.3, 0.4) is 0 Å². The first-order valence-electron chi connectivity index (χ1n) is 12.6. The maximum atomic E-state index is 14.4. The molecule has 11 heteroatoms. The van der Waals surface area contributed by atoms with Crippen LogP contribution in [0.4, 0.5) is 5.82 Å². The molecule has 1 unspecified atom stereocenters. The summed E-state index contributed by atoms with van der Waals surface area (Å²) in [6.45, 7) is 1.84. The third kappa shape index (κ3) is 4.50. The number of carbonyl (C=O) groups is 1. The van der Waals surface area contributed by atoms with Crippen molar-refractivity contribution in [1.82, 2.24) is 24.5 Å². The Balaban J connectivity index is 1.60. The minimum absolute atomic E-state index is 0.118. The lowest BCUT2D eigenvalue weighted by Gasteiger charge is -2.24. The molecule has 41 heavy (non-hydrogen) atoms. The number of aromatic amines is 1. The predicted molar refractivity (Wildman–Crippen MR) is 159 cm³/mol. The largest absolute Gasteiger partial charge is 0.364 e. The second kappa shape index (κ2) is 10.3. The zero-order chi connectivity index (χ0) is 28.7. The van der Waals surface area contributed by atoms with Crippen molar-refractivity contribution in [3.05, 3.63) is 122 Å². The average Bonchev–Trinajstić information content (AvgIpc) is 2.99. The normalized spacial score (nSPS) is 12.0. The Hall–Kier alpha value is -5.35. The fraction of sp³-hybridized carbons (Fsp3) is 0.0667. The van der Waals surface area contributed by atoms with E-state index in [1.807, 2.05) is 37.3 Å². The lowest BCUT2D eigenvalue weighted by molar-refractivity contribution is 0.0995. The monoisotopic (exact) mass is 563 g/mol. The Kier molecular flexibility index (Phi) is 6.52. The summed E-state index contributed by atoms with van der Waals surface area (Å²) in [7, 11) is 0. The third-order valence-electron chi connectivity index (χ3n) is 6.84. The van der Waals surface area contributed by atoms with E-state index in [0.717, 1.165) is 0 Å².